The molecule has 3 heterocycles. The lowest BCUT2D eigenvalue weighted by atomic mass is 9.66. The Hall–Kier alpha value is -3.31. The van der Waals surface area contributed by atoms with Crippen LogP contribution in [0.1, 0.15) is 49.0 Å². The molecule has 1 atom stereocenters. The lowest BCUT2D eigenvalue weighted by Gasteiger charge is -2.46. The first-order valence-corrected chi connectivity index (χ1v) is 14.8. The fourth-order valence-electron chi connectivity index (χ4n) is 5.95. The summed E-state index contributed by atoms with van der Waals surface area (Å²) in [5, 5.41) is 4.95. The Balaban J connectivity index is 1.64. The molecule has 5 rings (SSSR count). The van der Waals surface area contributed by atoms with Crippen molar-refractivity contribution in [3.05, 3.63) is 70.4 Å². The molecule has 1 saturated heterocycles. The summed E-state index contributed by atoms with van der Waals surface area (Å²) in [5.74, 6) is -0.941. The predicted molar refractivity (Wildman–Crippen MR) is 144 cm³/mol. The van der Waals surface area contributed by atoms with Gasteiger partial charge in [-0.05, 0) is 66.8 Å². The number of benzene rings is 2. The zero-order valence-electron chi connectivity index (χ0n) is 21.3. The Morgan fingerprint density at radius 2 is 1.82 bits per heavy atom. The van der Waals surface area contributed by atoms with Crippen LogP contribution in [-0.4, -0.2) is 49.2 Å². The monoisotopic (exact) mass is 556 g/mol. The largest absolute Gasteiger partial charge is 0.343 e. The average molecular weight is 557 g/mol. The van der Waals surface area contributed by atoms with Crippen LogP contribution in [0.2, 0.25) is 0 Å². The maximum atomic E-state index is 14.1. The minimum Gasteiger partial charge on any atom is -0.343 e. The van der Waals surface area contributed by atoms with Crippen molar-refractivity contribution in [2.24, 2.45) is 5.92 Å². The Kier molecular flexibility index (Phi) is 6.77. The molecule has 38 heavy (non-hydrogen) atoms. The van der Waals surface area contributed by atoms with E-state index in [0.717, 1.165) is 17.7 Å². The number of carbonyl (C=O) groups is 2. The van der Waals surface area contributed by atoms with E-state index in [0.29, 0.717) is 42.3 Å². The first kappa shape index (κ1) is 26.3. The van der Waals surface area contributed by atoms with Crippen molar-refractivity contribution in [2.75, 3.05) is 22.7 Å². The number of nitrogens with one attached hydrogen (secondary N) is 1. The summed E-state index contributed by atoms with van der Waals surface area (Å²) < 4.78 is 43.3. The molecule has 0 aliphatic carbocycles. The lowest BCUT2D eigenvalue weighted by Crippen LogP contribution is -2.55. The molecule has 1 N–H and O–H groups in total. The van der Waals surface area contributed by atoms with Crippen molar-refractivity contribution < 1.29 is 22.4 Å². The number of piperidine rings is 1. The summed E-state index contributed by atoms with van der Waals surface area (Å²) in [6.45, 7) is 6.52. The zero-order valence-corrected chi connectivity index (χ0v) is 23.0. The summed E-state index contributed by atoms with van der Waals surface area (Å²) in [6.07, 6.45) is 2.70. The molecule has 2 amide bonds. The van der Waals surface area contributed by atoms with Gasteiger partial charge in [0.25, 0.3) is 15.9 Å². The van der Waals surface area contributed by atoms with Crippen LogP contribution in [0.4, 0.5) is 15.8 Å². The van der Waals surface area contributed by atoms with Gasteiger partial charge < -0.3 is 10.2 Å². The number of anilines is 2. The molecule has 11 heteroatoms. The quantitative estimate of drug-likeness (QED) is 0.493. The van der Waals surface area contributed by atoms with Gasteiger partial charge in [-0.1, -0.05) is 13.8 Å². The van der Waals surface area contributed by atoms with Crippen LogP contribution in [0.3, 0.4) is 0 Å². The first-order chi connectivity index (χ1) is 18.0. The molecule has 1 fully saturated rings. The molecule has 2 aliphatic rings. The highest BCUT2D eigenvalue weighted by Gasteiger charge is 2.56. The molecule has 1 spiro atoms. The Morgan fingerprint density at radius 3 is 2.39 bits per heavy atom. The SMILES string of the molecule is CC(=O)N1CCC2(CC1)c1cc(NC(=O)c3nccs3)ccc1N(S(=O)(=O)c1ccc(F)cc1)C2C(C)C. The molecule has 0 radical (unpaired) electrons. The third kappa shape index (κ3) is 4.37. The van der Waals surface area contributed by atoms with Crippen LogP contribution in [0.5, 0.6) is 0 Å². The van der Waals surface area contributed by atoms with Gasteiger partial charge in [0.05, 0.1) is 16.6 Å². The minimum absolute atomic E-state index is 0.00914. The molecule has 0 bridgehead atoms. The van der Waals surface area contributed by atoms with E-state index in [9.17, 15) is 22.4 Å². The number of carbonyl (C=O) groups excluding carboxylic acids is 2. The molecular formula is C27H29FN4O4S2. The van der Waals surface area contributed by atoms with Crippen LogP contribution in [0, 0.1) is 11.7 Å². The fourth-order valence-corrected chi connectivity index (χ4v) is 8.35. The normalized spacial score (nSPS) is 18.6. The van der Waals surface area contributed by atoms with Crippen LogP contribution < -0.4 is 9.62 Å². The molecule has 200 valence electrons. The highest BCUT2D eigenvalue weighted by atomic mass is 32.2. The number of nitrogens with zero attached hydrogens (tertiary/aromatic N) is 3. The average Bonchev–Trinajstić information content (AvgIpc) is 3.51. The molecule has 2 aliphatic heterocycles. The molecule has 0 saturated carbocycles. The summed E-state index contributed by atoms with van der Waals surface area (Å²) in [4.78, 5) is 30.7. The van der Waals surface area contributed by atoms with Crippen LogP contribution in [-0.2, 0) is 20.2 Å². The molecule has 1 aromatic heterocycles. The van der Waals surface area contributed by atoms with Crippen molar-refractivity contribution in [3.63, 3.8) is 0 Å². The third-order valence-corrected chi connectivity index (χ3v) is 10.2. The van der Waals surface area contributed by atoms with Gasteiger partial charge in [-0.15, -0.1) is 11.3 Å². The maximum Gasteiger partial charge on any atom is 0.284 e. The summed E-state index contributed by atoms with van der Waals surface area (Å²) in [5.41, 5.74) is 1.32. The maximum absolute atomic E-state index is 14.1. The van der Waals surface area contributed by atoms with Crippen molar-refractivity contribution in [1.29, 1.82) is 0 Å². The van der Waals surface area contributed by atoms with Crippen molar-refractivity contribution in [2.45, 2.75) is 50.0 Å². The number of fused-ring (bicyclic) bond motifs is 2. The highest BCUT2D eigenvalue weighted by molar-refractivity contribution is 7.92. The molecular weight excluding hydrogens is 527 g/mol. The van der Waals surface area contributed by atoms with Gasteiger partial charge in [0.2, 0.25) is 5.91 Å². The molecule has 1 unspecified atom stereocenters. The summed E-state index contributed by atoms with van der Waals surface area (Å²) in [7, 11) is -4.05. The predicted octanol–water partition coefficient (Wildman–Crippen LogP) is 4.65. The van der Waals surface area contributed by atoms with E-state index in [-0.39, 0.29) is 22.6 Å². The topological polar surface area (TPSA) is 99.7 Å². The third-order valence-electron chi connectivity index (χ3n) is 7.58. The number of halogens is 1. The number of likely N-dealkylation sites (tertiary alicyclic amines) is 1. The number of aromatic nitrogens is 1. The van der Waals surface area contributed by atoms with E-state index in [2.05, 4.69) is 10.3 Å². The van der Waals surface area contributed by atoms with Gasteiger partial charge in [0.15, 0.2) is 5.01 Å². The molecule has 3 aromatic rings. The van der Waals surface area contributed by atoms with Gasteiger partial charge >= 0.3 is 0 Å². The van der Waals surface area contributed by atoms with Crippen LogP contribution in [0.25, 0.3) is 0 Å². The van der Waals surface area contributed by atoms with Gasteiger partial charge in [-0.3, -0.25) is 13.9 Å². The second kappa shape index (κ2) is 9.77. The lowest BCUT2D eigenvalue weighted by molar-refractivity contribution is -0.130. The van der Waals surface area contributed by atoms with Gasteiger partial charge in [0, 0.05) is 42.7 Å². The number of thiazole rings is 1. The Bertz CT molecular complexity index is 1470. The number of sulfonamides is 1. The number of hydrogen-bond acceptors (Lipinski definition) is 6. The molecule has 8 nitrogen and oxygen atoms in total. The molecule has 2 aromatic carbocycles. The first-order valence-electron chi connectivity index (χ1n) is 12.5. The van der Waals surface area contributed by atoms with E-state index in [1.807, 2.05) is 19.9 Å². The Morgan fingerprint density at radius 1 is 1.13 bits per heavy atom. The van der Waals surface area contributed by atoms with E-state index in [1.54, 1.807) is 28.6 Å². The smallest absolute Gasteiger partial charge is 0.284 e. The van der Waals surface area contributed by atoms with E-state index >= 15 is 0 Å². The van der Waals surface area contributed by atoms with E-state index in [4.69, 9.17) is 0 Å². The standard InChI is InChI=1S/C27H29FN4O4S2/c1-17(2)24-27(10-13-31(14-11-27)18(3)33)22-16-20(30-25(34)26-29-12-15-37-26)6-9-23(22)32(24)38(35,36)21-7-4-19(28)5-8-21/h4-9,12,15-17,24H,10-11,13-14H2,1-3H3,(H,30,34). The minimum atomic E-state index is -4.05. The van der Waals surface area contributed by atoms with Gasteiger partial charge in [0.1, 0.15) is 5.82 Å². The second-order valence-electron chi connectivity index (χ2n) is 10.1. The van der Waals surface area contributed by atoms with E-state index < -0.39 is 27.3 Å². The Labute approximate surface area is 225 Å². The van der Waals surface area contributed by atoms with Crippen molar-refractivity contribution in [1.82, 2.24) is 9.88 Å². The van der Waals surface area contributed by atoms with Crippen molar-refractivity contribution >= 4 is 44.5 Å². The summed E-state index contributed by atoms with van der Waals surface area (Å²) >= 11 is 1.23. The second-order valence-corrected chi connectivity index (χ2v) is 12.8. The fraction of sp³-hybridized carbons (Fsp3) is 0.370. The number of hydrogen-bond donors (Lipinski definition) is 1. The number of amides is 2. The van der Waals surface area contributed by atoms with Crippen LogP contribution >= 0.6 is 11.3 Å². The highest BCUT2D eigenvalue weighted by Crippen LogP contribution is 2.55. The zero-order chi connectivity index (χ0) is 27.2. The summed E-state index contributed by atoms with van der Waals surface area (Å²) in [6, 6.07) is 9.71. The van der Waals surface area contributed by atoms with E-state index in [1.165, 1.54) is 34.7 Å². The number of rotatable bonds is 5. The van der Waals surface area contributed by atoms with Gasteiger partial charge in [-0.25, -0.2) is 17.8 Å². The van der Waals surface area contributed by atoms with Gasteiger partial charge in [-0.2, -0.15) is 0 Å². The van der Waals surface area contributed by atoms with Crippen LogP contribution in [0.15, 0.2) is 58.9 Å². The van der Waals surface area contributed by atoms with Crippen molar-refractivity contribution in [3.8, 4) is 0 Å².